The van der Waals surface area contributed by atoms with Crippen molar-refractivity contribution in [3.8, 4) is 5.75 Å². The van der Waals surface area contributed by atoms with E-state index in [2.05, 4.69) is 0 Å². The number of carboxylic acids is 1. The van der Waals surface area contributed by atoms with E-state index in [0.29, 0.717) is 16.1 Å². The number of hydrogen-bond acceptors (Lipinski definition) is 5. The van der Waals surface area contributed by atoms with Gasteiger partial charge in [-0.2, -0.15) is 0 Å². The number of halogens is 3. The number of nitrogens with zero attached hydrogens (tertiary/aromatic N) is 1. The number of amides is 2. The maximum Gasteiger partial charge on any atom is 0.341 e. The number of hydrogen-bond donors (Lipinski definition) is 1. The third-order valence-corrected chi connectivity index (χ3v) is 5.66. The van der Waals surface area contributed by atoms with Crippen molar-refractivity contribution in [2.24, 2.45) is 0 Å². The molecule has 2 amide bonds. The van der Waals surface area contributed by atoms with Crippen LogP contribution >= 0.6 is 46.6 Å². The van der Waals surface area contributed by atoms with Gasteiger partial charge in [-0.3, -0.25) is 14.5 Å². The highest BCUT2D eigenvalue weighted by molar-refractivity contribution is 8.18. The van der Waals surface area contributed by atoms with E-state index in [0.717, 1.165) is 16.7 Å². The van der Waals surface area contributed by atoms with Gasteiger partial charge in [0.2, 0.25) is 0 Å². The SMILES string of the molecule is O=C(O)COc1c(Cl)cc(/C=C2\SC(=O)N(Cc3ccccc3Cl)C2=O)cc1Cl. The molecule has 0 bridgehead atoms. The fraction of sp³-hybridized carbons (Fsp3) is 0.105. The lowest BCUT2D eigenvalue weighted by Crippen LogP contribution is -2.27. The number of carbonyl (C=O) groups excluding carboxylic acids is 2. The van der Waals surface area contributed by atoms with E-state index in [1.165, 1.54) is 18.2 Å². The van der Waals surface area contributed by atoms with E-state index in [-0.39, 0.29) is 27.2 Å². The number of rotatable bonds is 6. The summed E-state index contributed by atoms with van der Waals surface area (Å²) in [6.07, 6.45) is 1.48. The first-order valence-corrected chi connectivity index (χ1v) is 10.0. The van der Waals surface area contributed by atoms with Gasteiger partial charge < -0.3 is 9.84 Å². The zero-order valence-corrected chi connectivity index (χ0v) is 17.6. The molecule has 2 aromatic rings. The molecule has 1 heterocycles. The summed E-state index contributed by atoms with van der Waals surface area (Å²) in [6.45, 7) is -0.537. The van der Waals surface area contributed by atoms with Gasteiger partial charge in [0, 0.05) is 5.02 Å². The number of aliphatic carboxylic acids is 1. The van der Waals surface area contributed by atoms with Crippen LogP contribution in [-0.2, 0) is 16.1 Å². The maximum absolute atomic E-state index is 12.7. The minimum absolute atomic E-state index is 0.0275. The predicted octanol–water partition coefficient (Wildman–Crippen LogP) is 5.35. The highest BCUT2D eigenvalue weighted by Gasteiger charge is 2.35. The number of thioether (sulfide) groups is 1. The molecule has 10 heteroatoms. The molecule has 0 radical (unpaired) electrons. The van der Waals surface area contributed by atoms with Crippen molar-refractivity contribution < 1.29 is 24.2 Å². The van der Waals surface area contributed by atoms with Crippen molar-refractivity contribution in [2.75, 3.05) is 6.61 Å². The second kappa shape index (κ2) is 9.09. The molecule has 150 valence electrons. The van der Waals surface area contributed by atoms with Crippen molar-refractivity contribution >= 4 is 69.8 Å². The number of benzene rings is 2. The van der Waals surface area contributed by atoms with Crippen molar-refractivity contribution in [1.29, 1.82) is 0 Å². The van der Waals surface area contributed by atoms with Crippen LogP contribution in [0.4, 0.5) is 4.79 Å². The van der Waals surface area contributed by atoms with Gasteiger partial charge >= 0.3 is 5.97 Å². The third kappa shape index (κ3) is 5.05. The van der Waals surface area contributed by atoms with Crippen molar-refractivity contribution in [3.63, 3.8) is 0 Å². The lowest BCUT2D eigenvalue weighted by atomic mass is 10.2. The van der Waals surface area contributed by atoms with Crippen LogP contribution in [0.5, 0.6) is 5.75 Å². The summed E-state index contributed by atoms with van der Waals surface area (Å²) in [7, 11) is 0. The number of carbonyl (C=O) groups is 3. The topological polar surface area (TPSA) is 83.9 Å². The summed E-state index contributed by atoms with van der Waals surface area (Å²) in [5, 5.41) is 8.91. The Bertz CT molecular complexity index is 1020. The Morgan fingerprint density at radius 3 is 2.38 bits per heavy atom. The fourth-order valence-electron chi connectivity index (χ4n) is 2.52. The normalized spacial score (nSPS) is 15.3. The molecule has 1 saturated heterocycles. The van der Waals surface area contributed by atoms with Gasteiger partial charge in [-0.15, -0.1) is 0 Å². The quantitative estimate of drug-likeness (QED) is 0.571. The molecule has 6 nitrogen and oxygen atoms in total. The molecule has 1 fully saturated rings. The molecule has 0 unspecified atom stereocenters. The van der Waals surface area contributed by atoms with Crippen LogP contribution in [0.15, 0.2) is 41.3 Å². The van der Waals surface area contributed by atoms with Gasteiger partial charge in [-0.25, -0.2) is 4.79 Å². The van der Waals surface area contributed by atoms with Crippen LogP contribution in [0.1, 0.15) is 11.1 Å². The molecule has 0 atom stereocenters. The lowest BCUT2D eigenvalue weighted by molar-refractivity contribution is -0.139. The van der Waals surface area contributed by atoms with Gasteiger partial charge in [0.25, 0.3) is 11.1 Å². The molecule has 0 aliphatic carbocycles. The summed E-state index contributed by atoms with van der Waals surface area (Å²) in [5.74, 6) is -1.61. The van der Waals surface area contributed by atoms with E-state index in [1.54, 1.807) is 24.3 Å². The average molecular weight is 473 g/mol. The lowest BCUT2D eigenvalue weighted by Gasteiger charge is -2.13. The Morgan fingerprint density at radius 1 is 1.10 bits per heavy atom. The first kappa shape index (κ1) is 21.5. The standard InChI is InChI=1S/C19H12Cl3NO5S/c20-12-4-2-1-3-11(12)8-23-18(26)15(29-19(23)27)7-10-5-13(21)17(14(22)6-10)28-9-16(24)25/h1-7H,8-9H2,(H,24,25)/b15-7-. The molecular weight excluding hydrogens is 461 g/mol. The van der Waals surface area contributed by atoms with E-state index in [4.69, 9.17) is 44.6 Å². The summed E-state index contributed by atoms with van der Waals surface area (Å²) in [5.41, 5.74) is 1.12. The molecule has 1 aliphatic heterocycles. The van der Waals surface area contributed by atoms with E-state index in [9.17, 15) is 14.4 Å². The molecular formula is C19H12Cl3NO5S. The van der Waals surface area contributed by atoms with Crippen LogP contribution in [0.3, 0.4) is 0 Å². The minimum atomic E-state index is -1.17. The Balaban J connectivity index is 1.82. The molecule has 0 saturated carbocycles. The van der Waals surface area contributed by atoms with Gasteiger partial charge in [-0.1, -0.05) is 53.0 Å². The van der Waals surface area contributed by atoms with Crippen molar-refractivity contribution in [3.05, 3.63) is 67.5 Å². The van der Waals surface area contributed by atoms with Crippen molar-refractivity contribution in [2.45, 2.75) is 6.54 Å². The molecule has 0 aromatic heterocycles. The van der Waals surface area contributed by atoms with Crippen LogP contribution in [-0.4, -0.2) is 33.7 Å². The Hall–Kier alpha value is -2.19. The molecule has 2 aromatic carbocycles. The monoisotopic (exact) mass is 471 g/mol. The van der Waals surface area contributed by atoms with Crippen LogP contribution < -0.4 is 4.74 Å². The largest absolute Gasteiger partial charge is 0.479 e. The first-order valence-electron chi connectivity index (χ1n) is 8.08. The number of carboxylic acid groups (broad SMARTS) is 1. The zero-order chi connectivity index (χ0) is 21.1. The molecule has 0 spiro atoms. The number of ether oxygens (including phenoxy) is 1. The second-order valence-electron chi connectivity index (χ2n) is 5.86. The van der Waals surface area contributed by atoms with Gasteiger partial charge in [-0.05, 0) is 47.2 Å². The van der Waals surface area contributed by atoms with E-state index >= 15 is 0 Å². The molecule has 29 heavy (non-hydrogen) atoms. The summed E-state index contributed by atoms with van der Waals surface area (Å²) in [6, 6.07) is 9.89. The Kier molecular flexibility index (Phi) is 6.74. The highest BCUT2D eigenvalue weighted by atomic mass is 35.5. The van der Waals surface area contributed by atoms with Gasteiger partial charge in [0.05, 0.1) is 21.5 Å². The van der Waals surface area contributed by atoms with Gasteiger partial charge in [0.15, 0.2) is 12.4 Å². The molecule has 1 N–H and O–H groups in total. The Morgan fingerprint density at radius 2 is 1.76 bits per heavy atom. The van der Waals surface area contributed by atoms with Crippen LogP contribution in [0.2, 0.25) is 15.1 Å². The zero-order valence-electron chi connectivity index (χ0n) is 14.5. The smallest absolute Gasteiger partial charge is 0.341 e. The molecule has 3 rings (SSSR count). The van der Waals surface area contributed by atoms with E-state index < -0.39 is 23.7 Å². The maximum atomic E-state index is 12.7. The van der Waals surface area contributed by atoms with E-state index in [1.807, 2.05) is 0 Å². The third-order valence-electron chi connectivity index (χ3n) is 3.82. The summed E-state index contributed by atoms with van der Waals surface area (Å²) >= 11 is 19.1. The van der Waals surface area contributed by atoms with Crippen LogP contribution in [0.25, 0.3) is 6.08 Å². The fourth-order valence-corrected chi connectivity index (χ4v) is 4.17. The Labute approximate surface area is 185 Å². The summed E-state index contributed by atoms with van der Waals surface area (Å²) < 4.78 is 5.06. The molecule has 1 aliphatic rings. The minimum Gasteiger partial charge on any atom is -0.479 e. The number of imide groups is 1. The predicted molar refractivity (Wildman–Crippen MR) is 113 cm³/mol. The van der Waals surface area contributed by atoms with Crippen LogP contribution in [0, 0.1) is 0 Å². The average Bonchev–Trinajstić information content (AvgIpc) is 2.90. The van der Waals surface area contributed by atoms with Gasteiger partial charge in [0.1, 0.15) is 0 Å². The second-order valence-corrected chi connectivity index (χ2v) is 8.07. The first-order chi connectivity index (χ1) is 13.8. The van der Waals surface area contributed by atoms with Crippen molar-refractivity contribution in [1.82, 2.24) is 4.90 Å². The highest BCUT2D eigenvalue weighted by Crippen LogP contribution is 2.38. The summed E-state index contributed by atoms with van der Waals surface area (Å²) in [4.78, 5) is 36.9.